The zero-order valence-electron chi connectivity index (χ0n) is 9.21. The fraction of sp³-hybridized carbons (Fsp3) is 0.231. The van der Waals surface area contributed by atoms with Gasteiger partial charge in [0.15, 0.2) is 0 Å². The average molecular weight is 225 g/mol. The van der Waals surface area contributed by atoms with Crippen LogP contribution in [0, 0.1) is 0 Å². The van der Waals surface area contributed by atoms with Crippen LogP contribution in [0.1, 0.15) is 18.4 Å². The van der Waals surface area contributed by atoms with Crippen LogP contribution >= 0.6 is 0 Å². The fourth-order valence-electron chi connectivity index (χ4n) is 2.13. The molecule has 0 bridgehead atoms. The van der Waals surface area contributed by atoms with Gasteiger partial charge in [-0.1, -0.05) is 18.2 Å². The van der Waals surface area contributed by atoms with E-state index in [1.165, 1.54) is 0 Å². The third kappa shape index (κ3) is 1.59. The molecule has 0 N–H and O–H groups in total. The van der Waals surface area contributed by atoms with Crippen molar-refractivity contribution >= 4 is 6.08 Å². The monoisotopic (exact) mass is 225 g/mol. The number of benzene rings is 1. The first kappa shape index (κ1) is 10.00. The molecule has 0 unspecified atom stereocenters. The van der Waals surface area contributed by atoms with Gasteiger partial charge in [0, 0.05) is 18.0 Å². The van der Waals surface area contributed by atoms with Crippen LogP contribution in [-0.2, 0) is 10.3 Å². The molecular formula is C13H11N3O. The van der Waals surface area contributed by atoms with Crippen molar-refractivity contribution in [2.45, 2.75) is 18.4 Å². The fourth-order valence-corrected chi connectivity index (χ4v) is 2.13. The Labute approximate surface area is 98.6 Å². The van der Waals surface area contributed by atoms with Gasteiger partial charge in [0.25, 0.3) is 0 Å². The van der Waals surface area contributed by atoms with E-state index in [1.807, 2.05) is 36.5 Å². The van der Waals surface area contributed by atoms with Crippen LogP contribution in [0.25, 0.3) is 5.69 Å². The van der Waals surface area contributed by atoms with Gasteiger partial charge in [0.2, 0.25) is 6.08 Å². The van der Waals surface area contributed by atoms with Gasteiger partial charge in [-0.25, -0.2) is 9.48 Å². The zero-order valence-corrected chi connectivity index (χ0v) is 9.21. The smallest absolute Gasteiger partial charge is 0.235 e. The van der Waals surface area contributed by atoms with Gasteiger partial charge in [-0.2, -0.15) is 10.1 Å². The number of nitrogens with zero attached hydrogens (tertiary/aromatic N) is 3. The molecule has 1 heterocycles. The van der Waals surface area contributed by atoms with Crippen molar-refractivity contribution in [2.24, 2.45) is 4.99 Å². The number of isocyanates is 1. The van der Waals surface area contributed by atoms with E-state index in [4.69, 9.17) is 0 Å². The highest BCUT2D eigenvalue weighted by atomic mass is 16.1. The maximum atomic E-state index is 10.5. The van der Waals surface area contributed by atoms with Gasteiger partial charge >= 0.3 is 0 Å². The molecule has 1 saturated carbocycles. The highest BCUT2D eigenvalue weighted by Gasteiger charge is 2.46. The van der Waals surface area contributed by atoms with Crippen LogP contribution in [0.2, 0.25) is 0 Å². The summed E-state index contributed by atoms with van der Waals surface area (Å²) >= 11 is 0. The summed E-state index contributed by atoms with van der Waals surface area (Å²) in [5.74, 6) is 0. The first-order chi connectivity index (χ1) is 8.36. The van der Waals surface area contributed by atoms with E-state index >= 15 is 0 Å². The Morgan fingerprint density at radius 3 is 2.76 bits per heavy atom. The normalized spacial score (nSPS) is 16.2. The highest BCUT2D eigenvalue weighted by molar-refractivity contribution is 5.50. The average Bonchev–Trinajstić information content (AvgIpc) is 2.94. The van der Waals surface area contributed by atoms with Crippen molar-refractivity contribution in [3.8, 4) is 5.69 Å². The minimum Gasteiger partial charge on any atom is -0.241 e. The Morgan fingerprint density at radius 1 is 1.29 bits per heavy atom. The molecule has 0 atom stereocenters. The lowest BCUT2D eigenvalue weighted by molar-refractivity contribution is 0.556. The van der Waals surface area contributed by atoms with E-state index < -0.39 is 0 Å². The minimum absolute atomic E-state index is 0.357. The largest absolute Gasteiger partial charge is 0.241 e. The lowest BCUT2D eigenvalue weighted by Crippen LogP contribution is -2.08. The summed E-state index contributed by atoms with van der Waals surface area (Å²) in [6.45, 7) is 0. The Bertz CT molecular complexity index is 578. The first-order valence-electron chi connectivity index (χ1n) is 5.54. The molecule has 0 amide bonds. The third-order valence-corrected chi connectivity index (χ3v) is 3.14. The summed E-state index contributed by atoms with van der Waals surface area (Å²) in [5, 5.41) is 4.23. The van der Waals surface area contributed by atoms with Crippen molar-refractivity contribution in [1.82, 2.24) is 9.78 Å². The lowest BCUT2D eigenvalue weighted by Gasteiger charge is -2.13. The number of rotatable bonds is 3. The molecule has 1 aromatic heterocycles. The van der Waals surface area contributed by atoms with Gasteiger partial charge in [0.05, 0.1) is 5.69 Å². The summed E-state index contributed by atoms with van der Waals surface area (Å²) < 4.78 is 1.80. The molecule has 4 heteroatoms. The molecule has 1 aliphatic rings. The van der Waals surface area contributed by atoms with Crippen molar-refractivity contribution in [2.75, 3.05) is 0 Å². The number of hydrogen-bond donors (Lipinski definition) is 0. The Hall–Kier alpha value is -2.19. The Balaban J connectivity index is 2.15. The van der Waals surface area contributed by atoms with E-state index in [-0.39, 0.29) is 5.54 Å². The van der Waals surface area contributed by atoms with Crippen LogP contribution < -0.4 is 0 Å². The van der Waals surface area contributed by atoms with Gasteiger partial charge in [-0.15, -0.1) is 0 Å². The predicted molar refractivity (Wildman–Crippen MR) is 62.6 cm³/mol. The second-order valence-electron chi connectivity index (χ2n) is 4.20. The van der Waals surface area contributed by atoms with Gasteiger partial charge in [-0.3, -0.25) is 0 Å². The second kappa shape index (κ2) is 3.68. The van der Waals surface area contributed by atoms with Crippen LogP contribution in [-0.4, -0.2) is 15.9 Å². The maximum Gasteiger partial charge on any atom is 0.235 e. The molecule has 0 spiro atoms. The molecule has 1 aliphatic carbocycles. The van der Waals surface area contributed by atoms with Crippen molar-refractivity contribution in [3.63, 3.8) is 0 Å². The molecule has 84 valence electrons. The molecule has 3 rings (SSSR count). The Kier molecular flexibility index (Phi) is 2.16. The number of para-hydroxylation sites is 1. The quantitative estimate of drug-likeness (QED) is 0.593. The number of aliphatic imine (C=N–C) groups is 1. The van der Waals surface area contributed by atoms with Gasteiger partial charge in [-0.05, 0) is 25.0 Å². The molecule has 0 aliphatic heterocycles. The lowest BCUT2D eigenvalue weighted by atomic mass is 10.0. The molecular weight excluding hydrogens is 214 g/mol. The molecule has 1 aromatic carbocycles. The summed E-state index contributed by atoms with van der Waals surface area (Å²) in [6.07, 6.45) is 7.12. The summed E-state index contributed by atoms with van der Waals surface area (Å²) in [7, 11) is 0. The van der Waals surface area contributed by atoms with E-state index in [1.54, 1.807) is 17.0 Å². The molecule has 0 radical (unpaired) electrons. The van der Waals surface area contributed by atoms with E-state index in [0.717, 1.165) is 24.1 Å². The van der Waals surface area contributed by atoms with Crippen molar-refractivity contribution < 1.29 is 4.79 Å². The van der Waals surface area contributed by atoms with Gasteiger partial charge < -0.3 is 0 Å². The third-order valence-electron chi connectivity index (χ3n) is 3.14. The number of aromatic nitrogens is 2. The molecule has 4 nitrogen and oxygen atoms in total. The first-order valence-corrected chi connectivity index (χ1v) is 5.54. The van der Waals surface area contributed by atoms with Crippen LogP contribution in [0.4, 0.5) is 0 Å². The molecule has 1 fully saturated rings. The van der Waals surface area contributed by atoms with Gasteiger partial charge in [0.1, 0.15) is 5.54 Å². The van der Waals surface area contributed by atoms with Crippen LogP contribution in [0.5, 0.6) is 0 Å². The van der Waals surface area contributed by atoms with Crippen LogP contribution in [0.3, 0.4) is 0 Å². The number of hydrogen-bond acceptors (Lipinski definition) is 3. The minimum atomic E-state index is -0.357. The summed E-state index contributed by atoms with van der Waals surface area (Å²) in [5.41, 5.74) is 1.67. The summed E-state index contributed by atoms with van der Waals surface area (Å²) in [4.78, 5) is 14.5. The summed E-state index contributed by atoms with van der Waals surface area (Å²) in [6, 6.07) is 9.79. The van der Waals surface area contributed by atoms with E-state index in [2.05, 4.69) is 10.1 Å². The Morgan fingerprint density at radius 2 is 2.12 bits per heavy atom. The van der Waals surface area contributed by atoms with Crippen molar-refractivity contribution in [3.05, 3.63) is 48.3 Å². The van der Waals surface area contributed by atoms with Crippen LogP contribution in [0.15, 0.2) is 47.7 Å². The van der Waals surface area contributed by atoms with E-state index in [0.29, 0.717) is 0 Å². The SMILES string of the molecule is O=C=NC1(c2ccccc2-n2cccn2)CC1. The topological polar surface area (TPSA) is 47.2 Å². The predicted octanol–water partition coefficient (Wildman–Crippen LogP) is 2.20. The molecule has 2 aromatic rings. The molecule has 0 saturated heterocycles. The van der Waals surface area contributed by atoms with E-state index in [9.17, 15) is 4.79 Å². The highest BCUT2D eigenvalue weighted by Crippen LogP contribution is 2.50. The standard InChI is InChI=1S/C13H11N3O/c17-10-14-13(6-7-13)11-4-1-2-5-12(11)16-9-3-8-15-16/h1-5,8-9H,6-7H2. The zero-order chi connectivity index (χ0) is 11.7. The van der Waals surface area contributed by atoms with Crippen molar-refractivity contribution in [1.29, 1.82) is 0 Å². The molecule has 17 heavy (non-hydrogen) atoms. The maximum absolute atomic E-state index is 10.5. The number of carbonyl (C=O) groups excluding carboxylic acids is 1. The second-order valence-corrected chi connectivity index (χ2v) is 4.20.